The molecule has 2 N–H and O–H groups in total. The molecule has 3 aromatic rings. The Morgan fingerprint density at radius 1 is 1.15 bits per heavy atom. The van der Waals surface area contributed by atoms with E-state index in [-0.39, 0.29) is 10.7 Å². The molecule has 8 nitrogen and oxygen atoms in total. The van der Waals surface area contributed by atoms with Gasteiger partial charge >= 0.3 is 0 Å². The van der Waals surface area contributed by atoms with E-state index in [1.165, 1.54) is 0 Å². The van der Waals surface area contributed by atoms with Gasteiger partial charge in [0.1, 0.15) is 17.3 Å². The number of nitrogens with zero attached hydrogens (tertiary/aromatic N) is 1. The summed E-state index contributed by atoms with van der Waals surface area (Å²) in [4.78, 5) is 15.1. The Kier molecular flexibility index (Phi) is 6.69. The molecule has 1 aromatic heterocycles. The fourth-order valence-corrected chi connectivity index (χ4v) is 4.64. The summed E-state index contributed by atoms with van der Waals surface area (Å²) >= 11 is 0. The Balaban J connectivity index is 1.60. The smallest absolute Gasteiger partial charge is 0.291 e. The molecule has 0 saturated carbocycles. The number of anilines is 1. The number of aryl methyl sites for hydroxylation is 1. The third-order valence-electron chi connectivity index (χ3n) is 5.39. The van der Waals surface area contributed by atoms with Gasteiger partial charge in [-0.25, -0.2) is 4.39 Å². The molecule has 4 rings (SSSR count). The van der Waals surface area contributed by atoms with Crippen LogP contribution in [0.15, 0.2) is 62.9 Å². The van der Waals surface area contributed by atoms with Crippen LogP contribution in [-0.2, 0) is 16.4 Å². The van der Waals surface area contributed by atoms with Crippen molar-refractivity contribution in [3.05, 3.63) is 77.0 Å². The molecule has 0 saturated heterocycles. The second-order valence-corrected chi connectivity index (χ2v) is 9.36. The van der Waals surface area contributed by atoms with E-state index >= 15 is 0 Å². The summed E-state index contributed by atoms with van der Waals surface area (Å²) in [5.74, 6) is 0.278. The van der Waals surface area contributed by atoms with Crippen LogP contribution in [0.25, 0.3) is 0 Å². The van der Waals surface area contributed by atoms with Gasteiger partial charge in [-0.1, -0.05) is 12.1 Å². The molecule has 178 valence electrons. The van der Waals surface area contributed by atoms with Crippen LogP contribution in [0.3, 0.4) is 0 Å². The highest BCUT2D eigenvalue weighted by Gasteiger charge is 2.29. The van der Waals surface area contributed by atoms with Crippen molar-refractivity contribution in [3.8, 4) is 5.75 Å². The van der Waals surface area contributed by atoms with E-state index in [1.54, 1.807) is 25.1 Å². The molecule has 0 bridgehead atoms. The molecule has 0 spiro atoms. The van der Waals surface area contributed by atoms with Gasteiger partial charge in [-0.3, -0.25) is 4.79 Å². The molecule has 1 aliphatic carbocycles. The highest BCUT2D eigenvalue weighted by Crippen LogP contribution is 2.31. The maximum Gasteiger partial charge on any atom is 0.291 e. The van der Waals surface area contributed by atoms with Gasteiger partial charge in [0.25, 0.3) is 15.9 Å². The Morgan fingerprint density at radius 2 is 1.88 bits per heavy atom. The summed E-state index contributed by atoms with van der Waals surface area (Å²) in [5.41, 5.74) is 2.18. The number of rotatable bonds is 7. The predicted molar refractivity (Wildman–Crippen MR) is 125 cm³/mol. The minimum absolute atomic E-state index is 0.105. The Hall–Kier alpha value is -3.66. The highest BCUT2D eigenvalue weighted by atomic mass is 32.2. The lowest BCUT2D eigenvalue weighted by molar-refractivity contribution is 0.0993. The first-order valence-electron chi connectivity index (χ1n) is 10.8. The topological polar surface area (TPSA) is 110 Å². The van der Waals surface area contributed by atoms with Gasteiger partial charge in [0.05, 0.1) is 22.9 Å². The Morgan fingerprint density at radius 3 is 2.62 bits per heavy atom. The first-order chi connectivity index (χ1) is 16.3. The SMILES string of the molecule is CCOc1ccccc1NC(=O)c1oc2c(c1C)/C(=N/NS(=O)(=O)c1ccc(F)cc1)CCC2. The lowest BCUT2D eigenvalue weighted by atomic mass is 9.93. The predicted octanol–water partition coefficient (Wildman–Crippen LogP) is 4.40. The van der Waals surface area contributed by atoms with Crippen LogP contribution in [0.5, 0.6) is 5.75 Å². The van der Waals surface area contributed by atoms with Crippen LogP contribution in [0.2, 0.25) is 0 Å². The number of furan rings is 1. The Bertz CT molecular complexity index is 1350. The fraction of sp³-hybridized carbons (Fsp3) is 0.250. The number of benzene rings is 2. The zero-order chi connectivity index (χ0) is 24.3. The van der Waals surface area contributed by atoms with Gasteiger partial charge in [0.15, 0.2) is 5.76 Å². The van der Waals surface area contributed by atoms with Crippen LogP contribution in [0.1, 0.15) is 47.2 Å². The molecular weight excluding hydrogens is 461 g/mol. The maximum atomic E-state index is 13.1. The standard InChI is InChI=1S/C24H24FN3O5S/c1-3-32-20-9-5-4-7-18(20)26-24(29)23-15(2)22-19(8-6-10-21(22)33-23)27-28-34(30,31)17-13-11-16(25)12-14-17/h4-5,7,9,11-14,28H,3,6,8,10H2,1-2H3,(H,26,29)/b27-19+. The molecular formula is C24H24FN3O5S. The Labute approximate surface area is 196 Å². The van der Waals surface area contributed by atoms with E-state index in [9.17, 15) is 17.6 Å². The summed E-state index contributed by atoms with van der Waals surface area (Å²) in [6, 6.07) is 11.6. The quantitative estimate of drug-likeness (QED) is 0.482. The number of fused-ring (bicyclic) bond motifs is 1. The van der Waals surface area contributed by atoms with Crippen molar-refractivity contribution < 1.29 is 26.8 Å². The molecule has 0 fully saturated rings. The first kappa shape index (κ1) is 23.5. The molecule has 0 atom stereocenters. The second kappa shape index (κ2) is 9.68. The number of hydrogen-bond donors (Lipinski definition) is 2. The van der Waals surface area contributed by atoms with Crippen LogP contribution in [0.4, 0.5) is 10.1 Å². The van der Waals surface area contributed by atoms with E-state index in [0.29, 0.717) is 59.9 Å². The molecule has 0 unspecified atom stereocenters. The van der Waals surface area contributed by atoms with E-state index in [1.807, 2.05) is 13.0 Å². The van der Waals surface area contributed by atoms with E-state index in [4.69, 9.17) is 9.15 Å². The number of carbonyl (C=O) groups is 1. The average Bonchev–Trinajstić information content (AvgIpc) is 3.17. The van der Waals surface area contributed by atoms with Crippen molar-refractivity contribution in [2.24, 2.45) is 5.10 Å². The highest BCUT2D eigenvalue weighted by molar-refractivity contribution is 7.89. The maximum absolute atomic E-state index is 13.1. The monoisotopic (exact) mass is 485 g/mol. The zero-order valence-electron chi connectivity index (χ0n) is 18.7. The lowest BCUT2D eigenvalue weighted by Gasteiger charge is -2.14. The molecule has 34 heavy (non-hydrogen) atoms. The molecule has 1 amide bonds. The van der Waals surface area contributed by atoms with Gasteiger partial charge in [0, 0.05) is 17.5 Å². The normalized spacial score (nSPS) is 14.5. The number of para-hydroxylation sites is 2. The van der Waals surface area contributed by atoms with Crippen molar-refractivity contribution in [2.45, 2.75) is 38.0 Å². The van der Waals surface area contributed by atoms with Crippen LogP contribution >= 0.6 is 0 Å². The minimum atomic E-state index is -3.98. The second-order valence-electron chi connectivity index (χ2n) is 7.70. The third kappa shape index (κ3) is 4.81. The van der Waals surface area contributed by atoms with E-state index < -0.39 is 21.7 Å². The largest absolute Gasteiger partial charge is 0.492 e. The lowest BCUT2D eigenvalue weighted by Crippen LogP contribution is -2.22. The number of sulfonamides is 1. The first-order valence-corrected chi connectivity index (χ1v) is 12.3. The van der Waals surface area contributed by atoms with Crippen molar-refractivity contribution in [1.82, 2.24) is 4.83 Å². The van der Waals surface area contributed by atoms with Crippen LogP contribution in [0, 0.1) is 12.7 Å². The number of halogens is 1. The summed E-state index contributed by atoms with van der Waals surface area (Å²) in [5, 5.41) is 6.94. The summed E-state index contributed by atoms with van der Waals surface area (Å²) in [6.45, 7) is 4.05. The third-order valence-corrected chi connectivity index (χ3v) is 6.62. The number of amides is 1. The van der Waals surface area contributed by atoms with Crippen LogP contribution < -0.4 is 14.9 Å². The molecule has 0 radical (unpaired) electrons. The number of ether oxygens (including phenoxy) is 1. The van der Waals surface area contributed by atoms with Crippen molar-refractivity contribution >= 4 is 27.3 Å². The molecule has 0 aliphatic heterocycles. The van der Waals surface area contributed by atoms with Gasteiger partial charge in [0.2, 0.25) is 0 Å². The number of nitrogens with one attached hydrogen (secondary N) is 2. The number of carbonyl (C=O) groups excluding carboxylic acids is 1. The van der Waals surface area contributed by atoms with Gasteiger partial charge in [-0.2, -0.15) is 18.4 Å². The summed E-state index contributed by atoms with van der Waals surface area (Å²) < 4.78 is 49.7. The molecule has 10 heteroatoms. The van der Waals surface area contributed by atoms with E-state index in [2.05, 4.69) is 15.2 Å². The summed E-state index contributed by atoms with van der Waals surface area (Å²) in [7, 11) is -3.98. The zero-order valence-corrected chi connectivity index (χ0v) is 19.5. The number of hydrogen-bond acceptors (Lipinski definition) is 6. The molecule has 1 heterocycles. The molecule has 2 aromatic carbocycles. The van der Waals surface area contributed by atoms with E-state index in [0.717, 1.165) is 24.3 Å². The minimum Gasteiger partial charge on any atom is -0.492 e. The van der Waals surface area contributed by atoms with Gasteiger partial charge < -0.3 is 14.5 Å². The number of hydrazone groups is 1. The molecule has 1 aliphatic rings. The fourth-order valence-electron chi connectivity index (χ4n) is 3.81. The van der Waals surface area contributed by atoms with Crippen molar-refractivity contribution in [3.63, 3.8) is 0 Å². The van der Waals surface area contributed by atoms with Gasteiger partial charge in [-0.05, 0) is 63.1 Å². The summed E-state index contributed by atoms with van der Waals surface area (Å²) in [6.07, 6.45) is 1.79. The van der Waals surface area contributed by atoms with Crippen molar-refractivity contribution in [2.75, 3.05) is 11.9 Å². The average molecular weight is 486 g/mol. The van der Waals surface area contributed by atoms with Crippen molar-refractivity contribution in [1.29, 1.82) is 0 Å². The van der Waals surface area contributed by atoms with Gasteiger partial charge in [-0.15, -0.1) is 0 Å². The van der Waals surface area contributed by atoms with Crippen LogP contribution in [-0.4, -0.2) is 26.6 Å².